The minimum absolute atomic E-state index is 0.0347. The third-order valence-corrected chi connectivity index (χ3v) is 1.60. The Morgan fingerprint density at radius 1 is 1.00 bits per heavy atom. The zero-order valence-electron chi connectivity index (χ0n) is 9.31. The van der Waals surface area contributed by atoms with E-state index in [0.717, 1.165) is 12.8 Å². The van der Waals surface area contributed by atoms with Gasteiger partial charge in [-0.3, -0.25) is 4.79 Å². The van der Waals surface area contributed by atoms with Crippen molar-refractivity contribution < 1.29 is 9.53 Å². The quantitative estimate of drug-likeness (QED) is 0.614. The van der Waals surface area contributed by atoms with E-state index >= 15 is 0 Å². The Morgan fingerprint density at radius 3 is 1.62 bits per heavy atom. The molecular weight excluding hydrogens is 164 g/mol. The number of carbonyl (C=O) groups excluding carboxylic acids is 1. The first-order valence-corrected chi connectivity index (χ1v) is 4.67. The van der Waals surface area contributed by atoms with Crippen molar-refractivity contribution in [1.82, 2.24) is 0 Å². The Kier molecular flexibility index (Phi) is 5.76. The molecule has 0 aromatic heterocycles. The molecule has 0 saturated carbocycles. The van der Waals surface area contributed by atoms with Gasteiger partial charge in [0.15, 0.2) is 0 Å². The average molecular weight is 184 g/mol. The smallest absolute Gasteiger partial charge is 0.302 e. The van der Waals surface area contributed by atoms with Gasteiger partial charge >= 0.3 is 5.97 Å². The van der Waals surface area contributed by atoms with E-state index in [1.165, 1.54) is 18.8 Å². The summed E-state index contributed by atoms with van der Waals surface area (Å²) in [6, 6.07) is 0. The molecular formula is C11H20O2. The zero-order valence-corrected chi connectivity index (χ0v) is 9.31. The molecule has 0 heterocycles. The minimum Gasteiger partial charge on any atom is -0.463 e. The van der Waals surface area contributed by atoms with Gasteiger partial charge in [-0.05, 0) is 24.7 Å². The summed E-state index contributed by atoms with van der Waals surface area (Å²) in [5.41, 5.74) is 0. The van der Waals surface area contributed by atoms with Crippen LogP contribution in [0.2, 0.25) is 0 Å². The normalized spacial score (nSPS) is 11.4. The second kappa shape index (κ2) is 6.01. The molecule has 76 valence electrons. The fraction of sp³-hybridized carbons (Fsp3) is 0.727. The number of esters is 1. The van der Waals surface area contributed by atoms with Gasteiger partial charge in [0.25, 0.3) is 0 Å². The van der Waals surface area contributed by atoms with Gasteiger partial charge in [-0.25, -0.2) is 0 Å². The first kappa shape index (κ1) is 12.5. The van der Waals surface area contributed by atoms with Gasteiger partial charge in [-0.1, -0.05) is 27.7 Å². The Balaban J connectivity index is 3.95. The summed E-state index contributed by atoms with van der Waals surface area (Å²) in [6.45, 7) is 9.69. The Morgan fingerprint density at radius 2 is 1.38 bits per heavy atom. The maximum Gasteiger partial charge on any atom is 0.302 e. The van der Waals surface area contributed by atoms with Crippen LogP contribution in [0.4, 0.5) is 0 Å². The van der Waals surface area contributed by atoms with Gasteiger partial charge in [0.2, 0.25) is 0 Å². The van der Waals surface area contributed by atoms with Crippen molar-refractivity contribution in [3.8, 4) is 0 Å². The molecule has 0 unspecified atom stereocenters. The SMILES string of the molecule is C[C](C)CC(C[C](C)C)OC(C)=O. The van der Waals surface area contributed by atoms with Gasteiger partial charge in [-0.2, -0.15) is 0 Å². The summed E-state index contributed by atoms with van der Waals surface area (Å²) in [5.74, 6) is 2.41. The number of rotatable bonds is 5. The highest BCUT2D eigenvalue weighted by Crippen LogP contribution is 2.18. The van der Waals surface area contributed by atoms with Crippen LogP contribution >= 0.6 is 0 Å². The highest BCUT2D eigenvalue weighted by molar-refractivity contribution is 5.66. The van der Waals surface area contributed by atoms with Crippen LogP contribution < -0.4 is 0 Å². The van der Waals surface area contributed by atoms with Gasteiger partial charge in [-0.15, -0.1) is 0 Å². The van der Waals surface area contributed by atoms with E-state index in [-0.39, 0.29) is 12.1 Å². The van der Waals surface area contributed by atoms with E-state index < -0.39 is 0 Å². The lowest BCUT2D eigenvalue weighted by Crippen LogP contribution is -2.19. The molecule has 0 N–H and O–H groups in total. The Labute approximate surface area is 81.7 Å². The maximum absolute atomic E-state index is 10.8. The van der Waals surface area contributed by atoms with Crippen molar-refractivity contribution in [3.63, 3.8) is 0 Å². The highest BCUT2D eigenvalue weighted by Gasteiger charge is 2.15. The average Bonchev–Trinajstić information content (AvgIpc) is 1.80. The summed E-state index contributed by atoms with van der Waals surface area (Å²) in [7, 11) is 0. The molecule has 0 spiro atoms. The van der Waals surface area contributed by atoms with Crippen molar-refractivity contribution in [1.29, 1.82) is 0 Å². The molecule has 0 fully saturated rings. The number of carbonyl (C=O) groups is 1. The second-order valence-electron chi connectivity index (χ2n) is 4.05. The van der Waals surface area contributed by atoms with E-state index in [9.17, 15) is 4.79 Å². The summed E-state index contributed by atoms with van der Waals surface area (Å²) in [5, 5.41) is 0. The van der Waals surface area contributed by atoms with Gasteiger partial charge in [0, 0.05) is 6.92 Å². The molecule has 0 aromatic rings. The summed E-state index contributed by atoms with van der Waals surface area (Å²) in [6.07, 6.45) is 1.77. The van der Waals surface area contributed by atoms with Crippen molar-refractivity contribution in [2.75, 3.05) is 0 Å². The standard InChI is InChI=1S/C11H20O2/c1-8(2)6-11(7-9(3)4)13-10(5)12/h11H,6-7H2,1-5H3. The lowest BCUT2D eigenvalue weighted by Gasteiger charge is -2.20. The van der Waals surface area contributed by atoms with E-state index in [1.807, 2.05) is 0 Å². The third-order valence-electron chi connectivity index (χ3n) is 1.60. The molecule has 2 heteroatoms. The predicted octanol–water partition coefficient (Wildman–Crippen LogP) is 2.93. The fourth-order valence-electron chi connectivity index (χ4n) is 1.30. The molecule has 0 rings (SSSR count). The Hall–Kier alpha value is -0.530. The summed E-state index contributed by atoms with van der Waals surface area (Å²) in [4.78, 5) is 10.8. The van der Waals surface area contributed by atoms with Crippen LogP contribution in [0.5, 0.6) is 0 Å². The van der Waals surface area contributed by atoms with Crippen LogP contribution in [-0.2, 0) is 9.53 Å². The lowest BCUT2D eigenvalue weighted by atomic mass is 9.98. The maximum atomic E-state index is 10.8. The van der Waals surface area contributed by atoms with Gasteiger partial charge < -0.3 is 4.74 Å². The van der Waals surface area contributed by atoms with E-state index in [1.54, 1.807) is 0 Å². The molecule has 0 aromatic carbocycles. The second-order valence-corrected chi connectivity index (χ2v) is 4.05. The van der Waals surface area contributed by atoms with Crippen molar-refractivity contribution in [2.24, 2.45) is 0 Å². The van der Waals surface area contributed by atoms with Crippen molar-refractivity contribution >= 4 is 5.97 Å². The van der Waals surface area contributed by atoms with E-state index in [4.69, 9.17) is 4.74 Å². The predicted molar refractivity (Wildman–Crippen MR) is 54.0 cm³/mol. The fourth-order valence-corrected chi connectivity index (χ4v) is 1.30. The van der Waals surface area contributed by atoms with Crippen molar-refractivity contribution in [2.45, 2.75) is 53.6 Å². The summed E-state index contributed by atoms with van der Waals surface area (Å²) < 4.78 is 5.19. The van der Waals surface area contributed by atoms with Crippen LogP contribution in [0.3, 0.4) is 0 Å². The molecule has 2 radical (unpaired) electrons. The number of hydrogen-bond acceptors (Lipinski definition) is 2. The molecule has 0 bridgehead atoms. The largest absolute Gasteiger partial charge is 0.463 e. The molecule has 2 nitrogen and oxygen atoms in total. The van der Waals surface area contributed by atoms with Crippen LogP contribution in [-0.4, -0.2) is 12.1 Å². The summed E-state index contributed by atoms with van der Waals surface area (Å²) >= 11 is 0. The number of ether oxygens (including phenoxy) is 1. The van der Waals surface area contributed by atoms with Gasteiger partial charge in [0.05, 0.1) is 0 Å². The first-order chi connectivity index (χ1) is 5.91. The van der Waals surface area contributed by atoms with E-state index in [0.29, 0.717) is 0 Å². The monoisotopic (exact) mass is 184 g/mol. The third kappa shape index (κ3) is 7.82. The molecule has 13 heavy (non-hydrogen) atoms. The zero-order chi connectivity index (χ0) is 10.4. The molecule has 0 atom stereocenters. The van der Waals surface area contributed by atoms with Crippen molar-refractivity contribution in [3.05, 3.63) is 11.8 Å². The van der Waals surface area contributed by atoms with E-state index in [2.05, 4.69) is 27.7 Å². The van der Waals surface area contributed by atoms with Crippen LogP contribution in [0, 0.1) is 11.8 Å². The minimum atomic E-state index is -0.187. The van der Waals surface area contributed by atoms with Crippen LogP contribution in [0.1, 0.15) is 47.5 Å². The number of hydrogen-bond donors (Lipinski definition) is 0. The first-order valence-electron chi connectivity index (χ1n) is 4.67. The van der Waals surface area contributed by atoms with Crippen LogP contribution in [0.25, 0.3) is 0 Å². The molecule has 0 amide bonds. The molecule has 0 aliphatic heterocycles. The topological polar surface area (TPSA) is 26.3 Å². The molecule has 0 aliphatic rings. The van der Waals surface area contributed by atoms with Crippen LogP contribution in [0.15, 0.2) is 0 Å². The Bertz CT molecular complexity index is 140. The molecule has 0 aliphatic carbocycles. The highest BCUT2D eigenvalue weighted by atomic mass is 16.5. The van der Waals surface area contributed by atoms with Gasteiger partial charge in [0.1, 0.15) is 6.10 Å². The molecule has 0 saturated heterocycles. The lowest BCUT2D eigenvalue weighted by molar-refractivity contribution is -0.146.